The first kappa shape index (κ1) is 27.9. The Kier molecular flexibility index (Phi) is 7.30. The molecule has 3 aromatic heterocycles. The first-order valence-corrected chi connectivity index (χ1v) is 11.9. The second-order valence-corrected chi connectivity index (χ2v) is 10.0. The largest absolute Gasteiger partial charge is 0.417 e. The van der Waals surface area contributed by atoms with Gasteiger partial charge in [-0.15, -0.1) is 0 Å². The van der Waals surface area contributed by atoms with E-state index in [0.717, 1.165) is 24.5 Å². The summed E-state index contributed by atoms with van der Waals surface area (Å²) >= 11 is 0. The van der Waals surface area contributed by atoms with Crippen molar-refractivity contribution in [3.63, 3.8) is 0 Å². The van der Waals surface area contributed by atoms with E-state index < -0.39 is 28.9 Å². The normalized spacial score (nSPS) is 12.4. The van der Waals surface area contributed by atoms with Gasteiger partial charge in [-0.1, -0.05) is 13.8 Å². The van der Waals surface area contributed by atoms with Gasteiger partial charge >= 0.3 is 6.18 Å². The predicted octanol–water partition coefficient (Wildman–Crippen LogP) is 4.36. The molecule has 206 valence electrons. The number of pyridine rings is 2. The van der Waals surface area contributed by atoms with Gasteiger partial charge in [0, 0.05) is 43.7 Å². The molecule has 0 aliphatic heterocycles. The molecular formula is C26H27F4N7O2. The highest BCUT2D eigenvalue weighted by atomic mass is 19.4. The highest BCUT2D eigenvalue weighted by molar-refractivity contribution is 6.10. The molecule has 3 heterocycles. The Labute approximate surface area is 221 Å². The Morgan fingerprint density at radius 2 is 1.87 bits per heavy atom. The highest BCUT2D eigenvalue weighted by Gasteiger charge is 2.31. The minimum absolute atomic E-state index is 0.155. The van der Waals surface area contributed by atoms with Crippen LogP contribution in [0.2, 0.25) is 0 Å². The zero-order chi connectivity index (χ0) is 28.7. The number of benzene rings is 1. The number of fused-ring (bicyclic) bond motifs is 3. The van der Waals surface area contributed by atoms with Crippen molar-refractivity contribution in [2.24, 2.45) is 12.5 Å². The second-order valence-electron chi connectivity index (χ2n) is 10.0. The first-order chi connectivity index (χ1) is 18.2. The minimum Gasteiger partial charge on any atom is -0.383 e. The van der Waals surface area contributed by atoms with Crippen LogP contribution in [0, 0.1) is 11.2 Å². The number of hydrogen-bond donors (Lipinski definition) is 1. The van der Waals surface area contributed by atoms with E-state index in [4.69, 9.17) is 5.73 Å². The molecule has 1 aromatic carbocycles. The Balaban J connectivity index is 1.76. The molecule has 2 N–H and O–H groups in total. The number of amides is 1. The number of nitrogen functional groups attached to an aromatic ring is 1. The molecule has 0 unspecified atom stereocenters. The smallest absolute Gasteiger partial charge is 0.383 e. The zero-order valence-corrected chi connectivity index (χ0v) is 21.8. The van der Waals surface area contributed by atoms with E-state index in [1.807, 2.05) is 0 Å². The SMILES string of the molecule is CN(CCC(C)(C)C=O)N(Cc1ccc(C(F)(F)F)cn1)C(=O)c1cc2c(cc1F)nc(N)c1cnn(C)c12. The third kappa shape index (κ3) is 5.67. The van der Waals surface area contributed by atoms with Crippen LogP contribution in [0.5, 0.6) is 0 Å². The lowest BCUT2D eigenvalue weighted by Gasteiger charge is -2.33. The molecule has 39 heavy (non-hydrogen) atoms. The van der Waals surface area contributed by atoms with Gasteiger partial charge < -0.3 is 10.5 Å². The van der Waals surface area contributed by atoms with Crippen molar-refractivity contribution >= 4 is 39.8 Å². The molecule has 13 heteroatoms. The molecule has 0 radical (unpaired) electrons. The average molecular weight is 546 g/mol. The van der Waals surface area contributed by atoms with Gasteiger partial charge in [0.1, 0.15) is 17.9 Å². The predicted molar refractivity (Wildman–Crippen MR) is 137 cm³/mol. The molecular weight excluding hydrogens is 518 g/mol. The van der Waals surface area contributed by atoms with E-state index in [2.05, 4.69) is 15.1 Å². The molecule has 0 aliphatic rings. The van der Waals surface area contributed by atoms with E-state index in [1.54, 1.807) is 32.6 Å². The number of halogens is 4. The van der Waals surface area contributed by atoms with Crippen LogP contribution in [-0.4, -0.2) is 55.6 Å². The van der Waals surface area contributed by atoms with Crippen LogP contribution in [0.15, 0.2) is 36.7 Å². The number of nitrogens with zero attached hydrogens (tertiary/aromatic N) is 6. The van der Waals surface area contributed by atoms with Gasteiger partial charge in [-0.25, -0.2) is 14.4 Å². The maximum atomic E-state index is 15.3. The fourth-order valence-corrected chi connectivity index (χ4v) is 4.10. The molecule has 0 saturated heterocycles. The van der Waals surface area contributed by atoms with Crippen LogP contribution in [0.25, 0.3) is 21.8 Å². The van der Waals surface area contributed by atoms with E-state index in [-0.39, 0.29) is 35.7 Å². The van der Waals surface area contributed by atoms with Crippen molar-refractivity contribution in [1.29, 1.82) is 0 Å². The zero-order valence-electron chi connectivity index (χ0n) is 21.8. The fraction of sp³-hybridized carbons (Fsp3) is 0.346. The van der Waals surface area contributed by atoms with E-state index in [1.165, 1.54) is 22.3 Å². The number of carbonyl (C=O) groups is 2. The van der Waals surface area contributed by atoms with Gasteiger partial charge in [0.15, 0.2) is 0 Å². The van der Waals surface area contributed by atoms with Gasteiger partial charge in [0.2, 0.25) is 0 Å². The summed E-state index contributed by atoms with van der Waals surface area (Å²) < 4.78 is 55.9. The number of hydrogen-bond acceptors (Lipinski definition) is 7. The van der Waals surface area contributed by atoms with E-state index in [9.17, 15) is 22.8 Å². The lowest BCUT2D eigenvalue weighted by atomic mass is 9.91. The topological polar surface area (TPSA) is 110 Å². The van der Waals surface area contributed by atoms with Crippen LogP contribution >= 0.6 is 0 Å². The Bertz CT molecular complexity index is 1550. The number of aryl methyl sites for hydroxylation is 1. The van der Waals surface area contributed by atoms with Crippen molar-refractivity contribution in [3.05, 3.63) is 59.3 Å². The van der Waals surface area contributed by atoms with Crippen molar-refractivity contribution < 1.29 is 27.2 Å². The number of nitrogens with two attached hydrogens (primary N) is 1. The number of rotatable bonds is 8. The summed E-state index contributed by atoms with van der Waals surface area (Å²) in [5.74, 6) is -1.45. The van der Waals surface area contributed by atoms with Crippen LogP contribution in [0.4, 0.5) is 23.4 Å². The van der Waals surface area contributed by atoms with E-state index in [0.29, 0.717) is 28.9 Å². The molecule has 4 aromatic rings. The van der Waals surface area contributed by atoms with Gasteiger partial charge in [0.05, 0.1) is 46.0 Å². The minimum atomic E-state index is -4.57. The van der Waals surface area contributed by atoms with Gasteiger partial charge in [-0.05, 0) is 24.6 Å². The Hall–Kier alpha value is -4.13. The Morgan fingerprint density at radius 3 is 2.49 bits per heavy atom. The molecule has 0 saturated carbocycles. The maximum absolute atomic E-state index is 15.3. The highest BCUT2D eigenvalue weighted by Crippen LogP contribution is 2.31. The number of aldehydes is 1. The first-order valence-electron chi connectivity index (χ1n) is 11.9. The standard InChI is InChI=1S/C26H27F4N7O2/c1-25(2,14-38)7-8-35(3)37(13-16-6-5-15(11-32-16)26(28,29)30)24(39)17-9-18-21(10-20(17)27)34-23(31)19-12-33-36(4)22(18)19/h5-6,9-12,14H,7-8,13H2,1-4H3,(H2,31,34). The molecule has 0 fully saturated rings. The van der Waals surface area contributed by atoms with Crippen molar-refractivity contribution in [2.75, 3.05) is 19.3 Å². The lowest BCUT2D eigenvalue weighted by Crippen LogP contribution is -2.45. The molecule has 0 bridgehead atoms. The quantitative estimate of drug-likeness (QED) is 0.199. The van der Waals surface area contributed by atoms with Crippen molar-refractivity contribution in [2.45, 2.75) is 33.0 Å². The third-order valence-corrected chi connectivity index (χ3v) is 6.54. The lowest BCUT2D eigenvalue weighted by molar-refractivity contribution is -0.137. The van der Waals surface area contributed by atoms with Gasteiger partial charge in [0.25, 0.3) is 5.91 Å². The molecule has 4 rings (SSSR count). The monoisotopic (exact) mass is 545 g/mol. The molecule has 0 aliphatic carbocycles. The van der Waals surface area contributed by atoms with Crippen LogP contribution < -0.4 is 5.73 Å². The molecule has 1 amide bonds. The maximum Gasteiger partial charge on any atom is 0.417 e. The van der Waals surface area contributed by atoms with E-state index >= 15 is 4.39 Å². The third-order valence-electron chi connectivity index (χ3n) is 6.54. The number of hydrazine groups is 1. The molecule has 0 atom stereocenters. The summed E-state index contributed by atoms with van der Waals surface area (Å²) in [6.45, 7) is 3.45. The molecule has 9 nitrogen and oxygen atoms in total. The summed E-state index contributed by atoms with van der Waals surface area (Å²) in [5.41, 5.74) is 5.04. The summed E-state index contributed by atoms with van der Waals surface area (Å²) in [5, 5.41) is 7.85. The summed E-state index contributed by atoms with van der Waals surface area (Å²) in [6.07, 6.45) is -1.21. The molecule has 0 spiro atoms. The summed E-state index contributed by atoms with van der Waals surface area (Å²) in [6, 6.07) is 4.50. The van der Waals surface area contributed by atoms with Crippen LogP contribution in [0.1, 0.15) is 41.9 Å². The van der Waals surface area contributed by atoms with Crippen LogP contribution in [-0.2, 0) is 24.6 Å². The van der Waals surface area contributed by atoms with Gasteiger partial charge in [-0.3, -0.25) is 19.5 Å². The Morgan fingerprint density at radius 1 is 1.15 bits per heavy atom. The van der Waals surface area contributed by atoms with Crippen molar-refractivity contribution in [3.8, 4) is 0 Å². The second kappa shape index (κ2) is 10.2. The number of carbonyl (C=O) groups excluding carboxylic acids is 2. The fourth-order valence-electron chi connectivity index (χ4n) is 4.10. The number of alkyl halides is 3. The summed E-state index contributed by atoms with van der Waals surface area (Å²) in [4.78, 5) is 33.3. The number of aromatic nitrogens is 4. The average Bonchev–Trinajstić information content (AvgIpc) is 3.27. The summed E-state index contributed by atoms with van der Waals surface area (Å²) in [7, 11) is 3.25. The van der Waals surface area contributed by atoms with Gasteiger partial charge in [-0.2, -0.15) is 18.3 Å². The number of anilines is 1. The van der Waals surface area contributed by atoms with Crippen LogP contribution in [0.3, 0.4) is 0 Å². The van der Waals surface area contributed by atoms with Crippen molar-refractivity contribution in [1.82, 2.24) is 29.8 Å².